The Labute approximate surface area is 291 Å². The van der Waals surface area contributed by atoms with Gasteiger partial charge in [0.1, 0.15) is 12.1 Å². The van der Waals surface area contributed by atoms with Crippen LogP contribution in [0, 0.1) is 40.4 Å². The first-order chi connectivity index (χ1) is 22.6. The third-order valence-corrected chi connectivity index (χ3v) is 12.7. The van der Waals surface area contributed by atoms with Gasteiger partial charge in [0.2, 0.25) is 5.91 Å². The van der Waals surface area contributed by atoms with Crippen LogP contribution in [0.3, 0.4) is 0 Å². The summed E-state index contributed by atoms with van der Waals surface area (Å²) in [4.78, 5) is 25.5. The van der Waals surface area contributed by atoms with E-state index < -0.39 is 24.2 Å². The molecule has 1 aromatic rings. The Balaban J connectivity index is 1.34. The number of aliphatic hydroxyl groups excluding tert-OH is 2. The number of carbonyl (C=O) groups excluding carboxylic acids is 1. The normalized spacial score (nSPS) is 32.1. The average Bonchev–Trinajstić information content (AvgIpc) is 3.64. The average molecular weight is 669 g/mol. The molecule has 48 heavy (non-hydrogen) atoms. The lowest BCUT2D eigenvalue weighted by Gasteiger charge is -2.62. The topological polar surface area (TPSA) is 88.5 Å². The van der Waals surface area contributed by atoms with E-state index in [0.717, 1.165) is 44.0 Å². The molecular formula is C40H68N4O4. The van der Waals surface area contributed by atoms with Crippen LogP contribution >= 0.6 is 0 Å². The lowest BCUT2D eigenvalue weighted by Crippen LogP contribution is -2.62. The summed E-state index contributed by atoms with van der Waals surface area (Å²) in [6.07, 6.45) is 7.29. The van der Waals surface area contributed by atoms with Crippen molar-refractivity contribution >= 4 is 5.91 Å². The van der Waals surface area contributed by atoms with E-state index in [9.17, 15) is 15.0 Å². The van der Waals surface area contributed by atoms with E-state index in [4.69, 9.17) is 4.84 Å². The molecule has 5 aliphatic rings. The molecule has 9 atom stereocenters. The molecule has 1 amide bonds. The lowest BCUT2D eigenvalue weighted by atomic mass is 9.45. The number of nitrogens with zero attached hydrogens (tertiary/aromatic N) is 3. The number of aliphatic hydroxyl groups is 2. The largest absolute Gasteiger partial charge is 0.394 e. The number of nitrogens with one attached hydrogen (secondary N) is 1. The van der Waals surface area contributed by atoms with Gasteiger partial charge in [0.25, 0.3) is 0 Å². The van der Waals surface area contributed by atoms with Gasteiger partial charge in [0, 0.05) is 37.6 Å². The number of hydrogen-bond acceptors (Lipinski definition) is 7. The van der Waals surface area contributed by atoms with Crippen molar-refractivity contribution in [1.82, 2.24) is 20.2 Å². The Morgan fingerprint density at radius 2 is 1.83 bits per heavy atom. The number of rotatable bonds is 14. The maximum Gasteiger partial charge on any atom is 0.240 e. The van der Waals surface area contributed by atoms with E-state index in [1.54, 1.807) is 12.0 Å². The van der Waals surface area contributed by atoms with Gasteiger partial charge < -0.3 is 20.4 Å². The minimum atomic E-state index is -0.800. The zero-order chi connectivity index (χ0) is 35.0. The predicted molar refractivity (Wildman–Crippen MR) is 193 cm³/mol. The summed E-state index contributed by atoms with van der Waals surface area (Å²) in [7, 11) is 4.37. The Hall–Kier alpha value is -1.55. The minimum absolute atomic E-state index is 0.0968. The van der Waals surface area contributed by atoms with Crippen LogP contribution in [0.4, 0.5) is 0 Å². The third-order valence-electron chi connectivity index (χ3n) is 12.7. The van der Waals surface area contributed by atoms with Crippen LogP contribution in [0.5, 0.6) is 0 Å². The first-order valence-electron chi connectivity index (χ1n) is 19.1. The van der Waals surface area contributed by atoms with Gasteiger partial charge in [-0.15, -0.1) is 0 Å². The standard InChI is InChI=1S/C40H68N4O4/c1-26-33-18-31(40(33,6)7)19-34(26)41-38(47)37-36(27(2)46)35(25-45)48-44(37)23-30-16-12-15-29(17-30)22-43(21-28-13-10-11-14-28)32(24-42(8)9)20-39(3,4)5/h12,15-17,26-28,31-37,45-46H,10-11,13-14,18-25H2,1-9H3,(H,41,47)/t26-,27+,31+,32+,33+,34+,35+,36-,37+/m1/s1. The summed E-state index contributed by atoms with van der Waals surface area (Å²) in [5.41, 5.74) is 2.91. The molecule has 8 nitrogen and oxygen atoms in total. The van der Waals surface area contributed by atoms with Crippen molar-refractivity contribution in [3.05, 3.63) is 35.4 Å². The molecule has 4 saturated carbocycles. The quantitative estimate of drug-likeness (QED) is 0.234. The van der Waals surface area contributed by atoms with Gasteiger partial charge in [-0.05, 0) is 98.8 Å². The monoisotopic (exact) mass is 669 g/mol. The molecule has 0 radical (unpaired) electrons. The fourth-order valence-electron chi connectivity index (χ4n) is 10.0. The number of fused-ring (bicyclic) bond motifs is 2. The summed E-state index contributed by atoms with van der Waals surface area (Å²) in [6.45, 7) is 19.0. The van der Waals surface area contributed by atoms with Crippen molar-refractivity contribution in [1.29, 1.82) is 0 Å². The Morgan fingerprint density at radius 1 is 1.15 bits per heavy atom. The van der Waals surface area contributed by atoms with Gasteiger partial charge in [-0.3, -0.25) is 14.5 Å². The van der Waals surface area contributed by atoms with E-state index >= 15 is 0 Å². The molecule has 8 heteroatoms. The SMILES string of the molecule is C[C@H]1[C@@H](NC(=O)[C@@H]2[C@H]([C@H](C)O)[C@H](CO)ON2Cc2cccc(CN(CC3CCCC3)[C@H](CN(C)C)CC(C)(C)C)c2)C[C@@H]2C[C@@H]1C2(C)C. The van der Waals surface area contributed by atoms with Crippen molar-refractivity contribution in [2.75, 3.05) is 33.8 Å². The summed E-state index contributed by atoms with van der Waals surface area (Å²) < 4.78 is 0. The number of hydroxylamine groups is 2. The fourth-order valence-corrected chi connectivity index (χ4v) is 10.0. The number of benzene rings is 1. The van der Waals surface area contributed by atoms with Gasteiger partial charge in [0.05, 0.1) is 19.3 Å². The second-order valence-corrected chi connectivity index (χ2v) is 18.3. The van der Waals surface area contributed by atoms with E-state index in [2.05, 4.69) is 95.0 Å². The Kier molecular flexibility index (Phi) is 12.1. The number of amides is 1. The van der Waals surface area contributed by atoms with Gasteiger partial charge in [-0.2, -0.15) is 5.06 Å². The predicted octanol–water partition coefficient (Wildman–Crippen LogP) is 5.71. The van der Waals surface area contributed by atoms with Gasteiger partial charge in [-0.25, -0.2) is 0 Å². The van der Waals surface area contributed by atoms with Crippen LogP contribution in [0.15, 0.2) is 24.3 Å². The summed E-state index contributed by atoms with van der Waals surface area (Å²) >= 11 is 0. The van der Waals surface area contributed by atoms with Crippen LogP contribution in [0.2, 0.25) is 0 Å². The second-order valence-electron chi connectivity index (χ2n) is 18.3. The van der Waals surface area contributed by atoms with Crippen molar-refractivity contribution in [3.63, 3.8) is 0 Å². The highest BCUT2D eigenvalue weighted by Gasteiger charge is 2.57. The summed E-state index contributed by atoms with van der Waals surface area (Å²) in [5.74, 6) is 1.80. The molecule has 1 aromatic carbocycles. The molecule has 1 heterocycles. The maximum absolute atomic E-state index is 14.1. The van der Waals surface area contributed by atoms with Crippen LogP contribution in [0.25, 0.3) is 0 Å². The van der Waals surface area contributed by atoms with Gasteiger partial charge in [0.15, 0.2) is 0 Å². The summed E-state index contributed by atoms with van der Waals surface area (Å²) in [5, 5.41) is 26.3. The first-order valence-corrected chi connectivity index (χ1v) is 19.1. The Morgan fingerprint density at radius 3 is 2.42 bits per heavy atom. The van der Waals surface area contributed by atoms with Crippen molar-refractivity contribution < 1.29 is 19.8 Å². The highest BCUT2D eigenvalue weighted by Crippen LogP contribution is 2.61. The molecule has 5 fully saturated rings. The highest BCUT2D eigenvalue weighted by molar-refractivity contribution is 5.82. The molecule has 0 unspecified atom stereocenters. The molecule has 272 valence electrons. The molecule has 2 bridgehead atoms. The minimum Gasteiger partial charge on any atom is -0.394 e. The zero-order valence-electron chi connectivity index (χ0n) is 31.6. The number of hydrogen-bond donors (Lipinski definition) is 3. The molecule has 0 aromatic heterocycles. The molecule has 6 rings (SSSR count). The maximum atomic E-state index is 14.1. The fraction of sp³-hybridized carbons (Fsp3) is 0.825. The van der Waals surface area contributed by atoms with Crippen LogP contribution in [-0.2, 0) is 22.7 Å². The van der Waals surface area contributed by atoms with E-state index in [-0.39, 0.29) is 24.0 Å². The van der Waals surface area contributed by atoms with Crippen molar-refractivity contribution in [3.8, 4) is 0 Å². The second kappa shape index (κ2) is 15.4. The van der Waals surface area contributed by atoms with Crippen molar-refractivity contribution in [2.45, 2.75) is 137 Å². The lowest BCUT2D eigenvalue weighted by molar-refractivity contribution is -0.183. The smallest absolute Gasteiger partial charge is 0.240 e. The van der Waals surface area contributed by atoms with E-state index in [0.29, 0.717) is 35.8 Å². The number of likely N-dealkylation sites (N-methyl/N-ethyl adjacent to an activating group) is 1. The van der Waals surface area contributed by atoms with E-state index in [1.165, 1.54) is 37.7 Å². The Bertz CT molecular complexity index is 1210. The summed E-state index contributed by atoms with van der Waals surface area (Å²) in [6, 6.07) is 8.63. The first kappa shape index (κ1) is 37.7. The third kappa shape index (κ3) is 8.66. The zero-order valence-corrected chi connectivity index (χ0v) is 31.6. The van der Waals surface area contributed by atoms with Crippen molar-refractivity contribution in [2.24, 2.45) is 40.4 Å². The van der Waals surface area contributed by atoms with Gasteiger partial charge in [-0.1, -0.05) is 78.6 Å². The van der Waals surface area contributed by atoms with Crippen LogP contribution in [0.1, 0.15) is 105 Å². The molecule has 1 aliphatic heterocycles. The van der Waals surface area contributed by atoms with Gasteiger partial charge >= 0.3 is 0 Å². The van der Waals surface area contributed by atoms with Crippen LogP contribution < -0.4 is 5.32 Å². The highest BCUT2D eigenvalue weighted by atomic mass is 16.7. The number of carbonyl (C=O) groups is 1. The van der Waals surface area contributed by atoms with E-state index in [1.807, 2.05) is 0 Å². The molecular weight excluding hydrogens is 600 g/mol. The molecule has 0 spiro atoms. The van der Waals surface area contributed by atoms with Crippen LogP contribution in [-0.4, -0.2) is 95.1 Å². The molecule has 4 aliphatic carbocycles. The molecule has 3 N–H and O–H groups in total. The molecule has 1 saturated heterocycles.